The molecule has 2 heterocycles. The fourth-order valence-electron chi connectivity index (χ4n) is 1.95. The molecule has 5 nitrogen and oxygen atoms in total. The number of carbonyl (C=O) groups is 1. The first kappa shape index (κ1) is 13.7. The smallest absolute Gasteiger partial charge is 0.274 e. The van der Waals surface area contributed by atoms with E-state index in [-0.39, 0.29) is 5.91 Å². The fraction of sp³-hybridized carbons (Fsp3) is 0.0714. The number of para-hydroxylation sites is 1. The van der Waals surface area contributed by atoms with E-state index >= 15 is 0 Å². The number of hydrogen-bond acceptors (Lipinski definition) is 4. The second kappa shape index (κ2) is 5.63. The molecule has 1 aromatic carbocycles. The van der Waals surface area contributed by atoms with Gasteiger partial charge in [-0.05, 0) is 24.3 Å². The summed E-state index contributed by atoms with van der Waals surface area (Å²) in [6, 6.07) is 11.4. The summed E-state index contributed by atoms with van der Waals surface area (Å²) >= 11 is 6.59. The van der Waals surface area contributed by atoms with E-state index in [1.165, 1.54) is 11.3 Å². The number of carbonyl (C=O) groups excluding carboxylic acids is 1. The number of fused-ring (bicyclic) bond motifs is 1. The third-order valence-corrected chi connectivity index (χ3v) is 4.48. The molecule has 0 fully saturated rings. The molecule has 0 bridgehead atoms. The lowest BCUT2D eigenvalue weighted by Crippen LogP contribution is -2.23. The predicted octanol–water partition coefficient (Wildman–Crippen LogP) is 2.54. The highest BCUT2D eigenvalue weighted by molar-refractivity contribution is 7.71. The Balaban J connectivity index is 1.95. The third-order valence-electron chi connectivity index (χ3n) is 3.03. The molecule has 0 atom stereocenters. The van der Waals surface area contributed by atoms with Crippen LogP contribution >= 0.6 is 23.6 Å². The summed E-state index contributed by atoms with van der Waals surface area (Å²) in [5.41, 5.74) is 4.03. The second-order valence-electron chi connectivity index (χ2n) is 4.38. The molecular formula is C14H12N4OS2. The second-order valence-corrected chi connectivity index (χ2v) is 5.79. The van der Waals surface area contributed by atoms with Crippen LogP contribution in [0.1, 0.15) is 10.4 Å². The van der Waals surface area contributed by atoms with Crippen LogP contribution < -0.4 is 10.2 Å². The lowest BCUT2D eigenvalue weighted by atomic mass is 10.3. The number of amides is 1. The van der Waals surface area contributed by atoms with Crippen molar-refractivity contribution in [1.29, 1.82) is 0 Å². The summed E-state index contributed by atoms with van der Waals surface area (Å²) in [7, 11) is 1.92. The maximum absolute atomic E-state index is 12.1. The number of rotatable bonds is 2. The molecule has 0 saturated carbocycles. The number of nitrogens with one attached hydrogen (secondary N) is 2. The summed E-state index contributed by atoms with van der Waals surface area (Å²) in [5.74, 6) is -0.325. The average Bonchev–Trinajstić information content (AvgIpc) is 2.82. The SMILES string of the molecule is Cn1/c(=N/NC(=O)c2ccc[nH]c2=S)sc2ccccc21. The first-order chi connectivity index (χ1) is 10.2. The van der Waals surface area contributed by atoms with Crippen LogP contribution in [0.15, 0.2) is 47.7 Å². The Labute approximate surface area is 129 Å². The van der Waals surface area contributed by atoms with Crippen LogP contribution in [0.25, 0.3) is 10.2 Å². The van der Waals surface area contributed by atoms with Gasteiger partial charge in [-0.15, -0.1) is 5.10 Å². The molecule has 0 radical (unpaired) electrons. The molecule has 0 unspecified atom stereocenters. The van der Waals surface area contributed by atoms with Gasteiger partial charge in [0.05, 0.1) is 15.8 Å². The topological polar surface area (TPSA) is 62.2 Å². The molecule has 2 aromatic heterocycles. The van der Waals surface area contributed by atoms with E-state index in [1.807, 2.05) is 35.9 Å². The van der Waals surface area contributed by atoms with Crippen LogP contribution in [-0.4, -0.2) is 15.5 Å². The first-order valence-electron chi connectivity index (χ1n) is 6.23. The summed E-state index contributed by atoms with van der Waals surface area (Å²) in [5, 5.41) is 4.18. The maximum atomic E-state index is 12.1. The van der Waals surface area contributed by atoms with Gasteiger partial charge in [0.15, 0.2) is 0 Å². The number of aromatic amines is 1. The zero-order valence-corrected chi connectivity index (χ0v) is 12.8. The number of H-pyrrole nitrogens is 1. The van der Waals surface area contributed by atoms with Gasteiger partial charge in [-0.25, -0.2) is 5.43 Å². The van der Waals surface area contributed by atoms with E-state index in [0.29, 0.717) is 10.2 Å². The highest BCUT2D eigenvalue weighted by Crippen LogP contribution is 2.14. The van der Waals surface area contributed by atoms with Crippen molar-refractivity contribution in [3.63, 3.8) is 0 Å². The number of thiazole rings is 1. The molecule has 106 valence electrons. The van der Waals surface area contributed by atoms with Crippen molar-refractivity contribution >= 4 is 39.7 Å². The lowest BCUT2D eigenvalue weighted by molar-refractivity contribution is 0.0952. The minimum absolute atomic E-state index is 0.325. The van der Waals surface area contributed by atoms with Crippen molar-refractivity contribution < 1.29 is 4.79 Å². The molecule has 2 N–H and O–H groups in total. The molecule has 0 aliphatic carbocycles. The van der Waals surface area contributed by atoms with Crippen molar-refractivity contribution in [3.8, 4) is 0 Å². The standard InChI is InChI=1S/C14H12N4OS2/c1-18-10-6-2-3-7-11(10)21-14(18)17-16-12(19)9-5-4-8-15-13(9)20/h2-8H,1H3,(H,15,20)(H,16,19)/b17-14-. The van der Waals surface area contributed by atoms with Gasteiger partial charge in [-0.2, -0.15) is 0 Å². The van der Waals surface area contributed by atoms with Crippen molar-refractivity contribution in [2.75, 3.05) is 0 Å². The number of nitrogens with zero attached hydrogens (tertiary/aromatic N) is 2. The van der Waals surface area contributed by atoms with Gasteiger partial charge in [0, 0.05) is 13.2 Å². The largest absolute Gasteiger partial charge is 0.352 e. The Morgan fingerprint density at radius 1 is 1.33 bits per heavy atom. The Hall–Kier alpha value is -2.25. The average molecular weight is 316 g/mol. The Morgan fingerprint density at radius 3 is 2.90 bits per heavy atom. The number of hydrogen-bond donors (Lipinski definition) is 2. The summed E-state index contributed by atoms with van der Waals surface area (Å²) in [6.45, 7) is 0. The van der Waals surface area contributed by atoms with E-state index in [2.05, 4.69) is 15.5 Å². The highest BCUT2D eigenvalue weighted by atomic mass is 32.1. The predicted molar refractivity (Wildman–Crippen MR) is 85.5 cm³/mol. The molecule has 21 heavy (non-hydrogen) atoms. The molecule has 3 aromatic rings. The molecule has 1 amide bonds. The van der Waals surface area contributed by atoms with Gasteiger partial charge < -0.3 is 9.55 Å². The van der Waals surface area contributed by atoms with E-state index in [1.54, 1.807) is 18.3 Å². The zero-order valence-electron chi connectivity index (χ0n) is 11.2. The summed E-state index contributed by atoms with van der Waals surface area (Å²) in [6.07, 6.45) is 1.68. The van der Waals surface area contributed by atoms with Gasteiger partial charge in [0.25, 0.3) is 5.91 Å². The summed E-state index contributed by atoms with van der Waals surface area (Å²) in [4.78, 5) is 15.6. The highest BCUT2D eigenvalue weighted by Gasteiger charge is 2.07. The molecular weight excluding hydrogens is 304 g/mol. The number of benzene rings is 1. The Bertz CT molecular complexity index is 936. The van der Waals surface area contributed by atoms with Gasteiger partial charge in [0.2, 0.25) is 4.80 Å². The Morgan fingerprint density at radius 2 is 2.14 bits per heavy atom. The van der Waals surface area contributed by atoms with Gasteiger partial charge in [-0.3, -0.25) is 4.79 Å². The molecule has 0 spiro atoms. The number of aryl methyl sites for hydroxylation is 1. The summed E-state index contributed by atoms with van der Waals surface area (Å²) < 4.78 is 3.45. The lowest BCUT2D eigenvalue weighted by Gasteiger charge is -1.99. The molecule has 0 saturated heterocycles. The van der Waals surface area contributed by atoms with E-state index in [9.17, 15) is 4.79 Å². The van der Waals surface area contributed by atoms with Crippen LogP contribution in [0.5, 0.6) is 0 Å². The fourth-order valence-corrected chi connectivity index (χ4v) is 3.16. The minimum Gasteiger partial charge on any atom is -0.352 e. The van der Waals surface area contributed by atoms with Crippen LogP contribution in [0.3, 0.4) is 0 Å². The molecule has 7 heteroatoms. The van der Waals surface area contributed by atoms with Crippen LogP contribution in [0, 0.1) is 4.64 Å². The molecule has 0 aliphatic rings. The van der Waals surface area contributed by atoms with Crippen molar-refractivity contribution in [2.24, 2.45) is 12.1 Å². The van der Waals surface area contributed by atoms with E-state index < -0.39 is 0 Å². The van der Waals surface area contributed by atoms with Gasteiger partial charge >= 0.3 is 0 Å². The van der Waals surface area contributed by atoms with Crippen LogP contribution in [0.4, 0.5) is 0 Å². The van der Waals surface area contributed by atoms with Gasteiger partial charge in [-0.1, -0.05) is 35.7 Å². The van der Waals surface area contributed by atoms with E-state index in [0.717, 1.165) is 15.0 Å². The maximum Gasteiger partial charge on any atom is 0.274 e. The van der Waals surface area contributed by atoms with Gasteiger partial charge in [0.1, 0.15) is 4.64 Å². The van der Waals surface area contributed by atoms with Crippen molar-refractivity contribution in [1.82, 2.24) is 15.0 Å². The number of aromatic nitrogens is 2. The Kier molecular flexibility index (Phi) is 3.68. The van der Waals surface area contributed by atoms with Crippen LogP contribution in [0.2, 0.25) is 0 Å². The first-order valence-corrected chi connectivity index (χ1v) is 7.45. The zero-order chi connectivity index (χ0) is 14.8. The normalized spacial score (nSPS) is 11.8. The van der Waals surface area contributed by atoms with Crippen molar-refractivity contribution in [3.05, 3.63) is 57.6 Å². The van der Waals surface area contributed by atoms with Crippen LogP contribution in [-0.2, 0) is 7.05 Å². The minimum atomic E-state index is -0.325. The monoisotopic (exact) mass is 316 g/mol. The third kappa shape index (κ3) is 2.65. The van der Waals surface area contributed by atoms with Crippen molar-refractivity contribution in [2.45, 2.75) is 0 Å². The quantitative estimate of drug-likeness (QED) is 0.564. The molecule has 0 aliphatic heterocycles. The number of pyridine rings is 1. The van der Waals surface area contributed by atoms with E-state index in [4.69, 9.17) is 12.2 Å². The molecule has 3 rings (SSSR count).